The molecule has 0 fully saturated rings. The summed E-state index contributed by atoms with van der Waals surface area (Å²) in [5.74, 6) is 0.832. The summed E-state index contributed by atoms with van der Waals surface area (Å²) in [6, 6.07) is 13.1. The van der Waals surface area contributed by atoms with E-state index < -0.39 is 12.0 Å². The average molecular weight is 578 g/mol. The van der Waals surface area contributed by atoms with E-state index >= 15 is 0 Å². The van der Waals surface area contributed by atoms with Crippen LogP contribution in [0.4, 0.5) is 4.79 Å². The molecule has 9 heteroatoms. The summed E-state index contributed by atoms with van der Waals surface area (Å²) in [5.41, 5.74) is 2.04. The van der Waals surface area contributed by atoms with Gasteiger partial charge in [0.25, 0.3) is 5.91 Å². The number of nitrogens with zero attached hydrogens (tertiary/aromatic N) is 2. The molecule has 8 nitrogen and oxygen atoms in total. The van der Waals surface area contributed by atoms with Crippen LogP contribution >= 0.6 is 11.6 Å². The van der Waals surface area contributed by atoms with Crippen molar-refractivity contribution in [1.29, 1.82) is 0 Å². The van der Waals surface area contributed by atoms with Gasteiger partial charge in [0, 0.05) is 36.4 Å². The van der Waals surface area contributed by atoms with Crippen LogP contribution in [0.15, 0.2) is 83.8 Å². The number of ether oxygens (including phenoxy) is 2. The molecule has 41 heavy (non-hydrogen) atoms. The van der Waals surface area contributed by atoms with E-state index in [1.165, 1.54) is 0 Å². The monoisotopic (exact) mass is 577 g/mol. The van der Waals surface area contributed by atoms with Crippen molar-refractivity contribution in [3.8, 4) is 5.75 Å². The number of hydrogen-bond donors (Lipinski definition) is 1. The Labute approximate surface area is 246 Å². The van der Waals surface area contributed by atoms with Crippen LogP contribution in [-0.4, -0.2) is 53.9 Å². The molecule has 0 spiro atoms. The lowest BCUT2D eigenvalue weighted by Gasteiger charge is -2.38. The van der Waals surface area contributed by atoms with E-state index in [0.29, 0.717) is 52.7 Å². The molecular weight excluding hydrogens is 542 g/mol. The first-order valence-corrected chi connectivity index (χ1v) is 14.2. The number of esters is 1. The molecule has 4 rings (SSSR count). The molecular formula is C32H36ClN3O5. The Bertz CT molecular complexity index is 1380. The third-order valence-corrected chi connectivity index (χ3v) is 7.04. The molecule has 0 radical (unpaired) electrons. The Morgan fingerprint density at radius 3 is 2.56 bits per heavy atom. The van der Waals surface area contributed by atoms with Crippen LogP contribution in [0, 0.1) is 0 Å². The summed E-state index contributed by atoms with van der Waals surface area (Å²) < 4.78 is 11.4. The number of hydrogen-bond acceptors (Lipinski definition) is 5. The second kappa shape index (κ2) is 13.5. The van der Waals surface area contributed by atoms with Gasteiger partial charge < -0.3 is 24.6 Å². The van der Waals surface area contributed by atoms with Crippen LogP contribution in [-0.2, 0) is 9.53 Å². The fourth-order valence-corrected chi connectivity index (χ4v) is 5.04. The fourth-order valence-electron chi connectivity index (χ4n) is 4.84. The quantitative estimate of drug-likeness (QED) is 0.330. The van der Waals surface area contributed by atoms with Crippen molar-refractivity contribution in [3.05, 3.63) is 99.9 Å². The first-order valence-electron chi connectivity index (χ1n) is 13.8. The van der Waals surface area contributed by atoms with Crippen LogP contribution < -0.4 is 10.1 Å². The Morgan fingerprint density at radius 2 is 1.90 bits per heavy atom. The molecule has 0 aromatic heterocycles. The number of allylic oxidation sites excluding steroid dienone is 4. The highest BCUT2D eigenvalue weighted by atomic mass is 35.5. The minimum absolute atomic E-state index is 0.139. The van der Waals surface area contributed by atoms with Gasteiger partial charge in [-0.1, -0.05) is 29.8 Å². The van der Waals surface area contributed by atoms with Crippen molar-refractivity contribution in [3.63, 3.8) is 0 Å². The number of carbonyl (C=O) groups excluding carboxylic acids is 3. The molecule has 2 aromatic carbocycles. The highest BCUT2D eigenvalue weighted by Crippen LogP contribution is 2.35. The maximum atomic E-state index is 13.2. The van der Waals surface area contributed by atoms with E-state index in [9.17, 15) is 14.4 Å². The zero-order valence-electron chi connectivity index (χ0n) is 23.9. The SMILES string of the molecule is CC1=C(C(=O)OC(C)C)C(c2cccc(Cl)c2)N(CCCN(C)C(=O)c2ccc(OC3=CCCC=C3)cc2)C(=O)N1. The lowest BCUT2D eigenvalue weighted by Crippen LogP contribution is -2.49. The summed E-state index contributed by atoms with van der Waals surface area (Å²) in [4.78, 5) is 42.6. The Hall–Kier alpha value is -4.04. The van der Waals surface area contributed by atoms with E-state index in [1.807, 2.05) is 18.2 Å². The van der Waals surface area contributed by atoms with Gasteiger partial charge in [-0.2, -0.15) is 0 Å². The standard InChI is InChI=1S/C32H36ClN3O5/c1-21(2)40-31(38)28-22(3)34-32(39)36(29(28)24-10-8-11-25(33)20-24)19-9-18-35(4)30(37)23-14-16-27(17-15-23)41-26-12-6-5-7-13-26/h6,8,10-17,20-21,29H,5,7,9,18-19H2,1-4H3,(H,34,39). The largest absolute Gasteiger partial charge is 0.459 e. The normalized spacial score (nSPS) is 16.8. The van der Waals surface area contributed by atoms with E-state index in [2.05, 4.69) is 11.4 Å². The van der Waals surface area contributed by atoms with E-state index in [4.69, 9.17) is 21.1 Å². The first kappa shape index (κ1) is 29.9. The van der Waals surface area contributed by atoms with E-state index in [0.717, 1.165) is 18.6 Å². The topological polar surface area (TPSA) is 88.2 Å². The van der Waals surface area contributed by atoms with Crippen molar-refractivity contribution in [2.24, 2.45) is 0 Å². The van der Waals surface area contributed by atoms with Crippen LogP contribution in [0.3, 0.4) is 0 Å². The maximum Gasteiger partial charge on any atom is 0.338 e. The Morgan fingerprint density at radius 1 is 1.15 bits per heavy atom. The zero-order valence-corrected chi connectivity index (χ0v) is 24.6. The second-order valence-corrected chi connectivity index (χ2v) is 10.8. The summed E-state index contributed by atoms with van der Waals surface area (Å²) in [7, 11) is 1.73. The van der Waals surface area contributed by atoms with Gasteiger partial charge in [0.15, 0.2) is 0 Å². The molecule has 1 aliphatic carbocycles. The maximum absolute atomic E-state index is 13.2. The molecule has 0 saturated heterocycles. The molecule has 0 bridgehead atoms. The molecule has 3 amide bonds. The number of amides is 3. The van der Waals surface area contributed by atoms with Crippen LogP contribution in [0.5, 0.6) is 5.75 Å². The Kier molecular flexibility index (Phi) is 9.89. The summed E-state index contributed by atoms with van der Waals surface area (Å²) in [6.07, 6.45) is 8.19. The lowest BCUT2D eigenvalue weighted by atomic mass is 9.93. The van der Waals surface area contributed by atoms with Gasteiger partial charge in [-0.3, -0.25) is 4.79 Å². The second-order valence-electron chi connectivity index (χ2n) is 10.4. The number of halogens is 1. The van der Waals surface area contributed by atoms with Crippen molar-refractivity contribution >= 4 is 29.5 Å². The molecule has 216 valence electrons. The van der Waals surface area contributed by atoms with Crippen molar-refractivity contribution in [2.75, 3.05) is 20.1 Å². The first-order chi connectivity index (χ1) is 19.6. The average Bonchev–Trinajstić information content (AvgIpc) is 2.94. The predicted octanol–water partition coefficient (Wildman–Crippen LogP) is 6.41. The number of nitrogens with one attached hydrogen (secondary N) is 1. The number of rotatable bonds is 10. The summed E-state index contributed by atoms with van der Waals surface area (Å²) in [5, 5.41) is 3.30. The van der Waals surface area contributed by atoms with Gasteiger partial charge >= 0.3 is 12.0 Å². The predicted molar refractivity (Wildman–Crippen MR) is 158 cm³/mol. The highest BCUT2D eigenvalue weighted by Gasteiger charge is 2.38. The Balaban J connectivity index is 1.44. The molecule has 1 heterocycles. The number of urea groups is 1. The van der Waals surface area contributed by atoms with E-state index in [-0.39, 0.29) is 18.0 Å². The molecule has 2 aromatic rings. The van der Waals surface area contributed by atoms with Gasteiger partial charge in [0.2, 0.25) is 0 Å². The summed E-state index contributed by atoms with van der Waals surface area (Å²) >= 11 is 6.28. The van der Waals surface area contributed by atoms with Gasteiger partial charge in [0.05, 0.1) is 17.7 Å². The molecule has 1 unspecified atom stereocenters. The fraction of sp³-hybridized carbons (Fsp3) is 0.344. The van der Waals surface area contributed by atoms with Crippen molar-refractivity contribution in [1.82, 2.24) is 15.1 Å². The van der Waals surface area contributed by atoms with Crippen LogP contribution in [0.25, 0.3) is 0 Å². The van der Waals surface area contributed by atoms with Crippen LogP contribution in [0.2, 0.25) is 5.02 Å². The lowest BCUT2D eigenvalue weighted by molar-refractivity contribution is -0.143. The van der Waals surface area contributed by atoms with Gasteiger partial charge in [-0.15, -0.1) is 0 Å². The smallest absolute Gasteiger partial charge is 0.338 e. The molecule has 0 saturated carbocycles. The van der Waals surface area contributed by atoms with Gasteiger partial charge in [-0.05, 0) is 94.1 Å². The molecule has 2 aliphatic rings. The number of benzene rings is 2. The highest BCUT2D eigenvalue weighted by molar-refractivity contribution is 6.30. The minimum atomic E-state index is -0.684. The van der Waals surface area contributed by atoms with Crippen LogP contribution in [0.1, 0.15) is 62.0 Å². The molecule has 1 aliphatic heterocycles. The minimum Gasteiger partial charge on any atom is -0.459 e. The summed E-state index contributed by atoms with van der Waals surface area (Å²) in [6.45, 7) is 5.94. The van der Waals surface area contributed by atoms with Crippen molar-refractivity contribution in [2.45, 2.75) is 52.2 Å². The molecule has 1 N–H and O–H groups in total. The van der Waals surface area contributed by atoms with Crippen molar-refractivity contribution < 1.29 is 23.9 Å². The third-order valence-electron chi connectivity index (χ3n) is 6.81. The van der Waals surface area contributed by atoms with E-state index in [1.54, 1.807) is 80.1 Å². The van der Waals surface area contributed by atoms with Gasteiger partial charge in [-0.25, -0.2) is 9.59 Å². The number of carbonyl (C=O) groups is 3. The zero-order chi connectivity index (χ0) is 29.5. The molecule has 1 atom stereocenters. The van der Waals surface area contributed by atoms with Gasteiger partial charge in [0.1, 0.15) is 11.5 Å². The third kappa shape index (κ3) is 7.58.